The smallest absolute Gasteiger partial charge is 0.0556 e. The summed E-state index contributed by atoms with van der Waals surface area (Å²) in [5, 5.41) is 20.9. The molecule has 1 rings (SSSR count). The lowest BCUT2D eigenvalue weighted by Crippen LogP contribution is -2.48. The van der Waals surface area contributed by atoms with Crippen LogP contribution in [0.4, 0.5) is 0 Å². The predicted octanol–water partition coefficient (Wildman–Crippen LogP) is -0.339. The van der Waals surface area contributed by atoms with E-state index in [-0.39, 0.29) is 6.61 Å². The summed E-state index contributed by atoms with van der Waals surface area (Å²) in [5.41, 5.74) is 0. The molecule has 0 saturated carbocycles. The first-order valence-electron chi connectivity index (χ1n) is 5.90. The Kier molecular flexibility index (Phi) is 6.17. The van der Waals surface area contributed by atoms with E-state index < -0.39 is 0 Å². The SMILES string of the molecule is CN1CC(CCCO)CC(NCCO)C1. The average Bonchev–Trinajstić information content (AvgIpc) is 2.23. The van der Waals surface area contributed by atoms with E-state index in [1.807, 2.05) is 0 Å². The van der Waals surface area contributed by atoms with Gasteiger partial charge in [-0.15, -0.1) is 0 Å². The summed E-state index contributed by atoms with van der Waals surface area (Å²) in [4.78, 5) is 2.33. The Morgan fingerprint density at radius 1 is 1.27 bits per heavy atom. The van der Waals surface area contributed by atoms with Gasteiger partial charge < -0.3 is 20.4 Å². The number of nitrogens with one attached hydrogen (secondary N) is 1. The molecular formula is C11H24N2O2. The number of hydrogen-bond acceptors (Lipinski definition) is 4. The highest BCUT2D eigenvalue weighted by molar-refractivity contribution is 4.81. The van der Waals surface area contributed by atoms with E-state index >= 15 is 0 Å². The molecule has 0 radical (unpaired) electrons. The summed E-state index contributed by atoms with van der Waals surface area (Å²) < 4.78 is 0. The second-order valence-electron chi connectivity index (χ2n) is 4.56. The number of aliphatic hydroxyl groups is 2. The van der Waals surface area contributed by atoms with Crippen LogP contribution in [-0.4, -0.2) is 61.1 Å². The van der Waals surface area contributed by atoms with Crippen LogP contribution in [0.5, 0.6) is 0 Å². The average molecular weight is 216 g/mol. The topological polar surface area (TPSA) is 55.7 Å². The number of hydrogen-bond donors (Lipinski definition) is 3. The van der Waals surface area contributed by atoms with Crippen LogP contribution in [0.3, 0.4) is 0 Å². The van der Waals surface area contributed by atoms with E-state index in [0.29, 0.717) is 25.1 Å². The minimum Gasteiger partial charge on any atom is -0.396 e. The highest BCUT2D eigenvalue weighted by atomic mass is 16.3. The Hall–Kier alpha value is -0.160. The molecule has 4 heteroatoms. The lowest BCUT2D eigenvalue weighted by atomic mass is 9.91. The van der Waals surface area contributed by atoms with Crippen molar-refractivity contribution in [2.45, 2.75) is 25.3 Å². The van der Waals surface area contributed by atoms with Gasteiger partial charge in [-0.2, -0.15) is 0 Å². The fourth-order valence-electron chi connectivity index (χ4n) is 2.45. The number of rotatable bonds is 6. The van der Waals surface area contributed by atoms with Gasteiger partial charge in [0.1, 0.15) is 0 Å². The molecule has 0 aromatic rings. The van der Waals surface area contributed by atoms with Crippen LogP contribution in [-0.2, 0) is 0 Å². The van der Waals surface area contributed by atoms with Crippen molar-refractivity contribution in [3.63, 3.8) is 0 Å². The highest BCUT2D eigenvalue weighted by Crippen LogP contribution is 2.20. The second-order valence-corrected chi connectivity index (χ2v) is 4.56. The summed E-state index contributed by atoms with van der Waals surface area (Å²) in [7, 11) is 2.14. The van der Waals surface area contributed by atoms with E-state index in [2.05, 4.69) is 17.3 Å². The van der Waals surface area contributed by atoms with Crippen molar-refractivity contribution < 1.29 is 10.2 Å². The molecule has 3 N–H and O–H groups in total. The van der Waals surface area contributed by atoms with E-state index in [9.17, 15) is 0 Å². The van der Waals surface area contributed by atoms with Crippen LogP contribution < -0.4 is 5.32 Å². The third-order valence-electron chi connectivity index (χ3n) is 3.04. The van der Waals surface area contributed by atoms with Crippen molar-refractivity contribution in [1.29, 1.82) is 0 Å². The normalized spacial score (nSPS) is 28.2. The van der Waals surface area contributed by atoms with Gasteiger partial charge in [-0.3, -0.25) is 0 Å². The minimum absolute atomic E-state index is 0.210. The molecule has 4 nitrogen and oxygen atoms in total. The van der Waals surface area contributed by atoms with Crippen molar-refractivity contribution in [3.8, 4) is 0 Å². The predicted molar refractivity (Wildman–Crippen MR) is 60.8 cm³/mol. The number of likely N-dealkylation sites (N-methyl/N-ethyl adjacent to an activating group) is 1. The maximum Gasteiger partial charge on any atom is 0.0556 e. The molecule has 2 unspecified atom stereocenters. The van der Waals surface area contributed by atoms with Crippen LogP contribution in [0.1, 0.15) is 19.3 Å². The monoisotopic (exact) mass is 216 g/mol. The second kappa shape index (κ2) is 7.17. The number of likely N-dealkylation sites (tertiary alicyclic amines) is 1. The Balaban J connectivity index is 2.27. The Labute approximate surface area is 92.3 Å². The van der Waals surface area contributed by atoms with Gasteiger partial charge in [-0.1, -0.05) is 0 Å². The molecule has 1 saturated heterocycles. The molecule has 0 aromatic carbocycles. The molecule has 1 aliphatic heterocycles. The summed E-state index contributed by atoms with van der Waals surface area (Å²) >= 11 is 0. The van der Waals surface area contributed by atoms with Gasteiger partial charge in [0.25, 0.3) is 0 Å². The fraction of sp³-hybridized carbons (Fsp3) is 1.00. The van der Waals surface area contributed by atoms with Gasteiger partial charge >= 0.3 is 0 Å². The van der Waals surface area contributed by atoms with Gasteiger partial charge in [0.05, 0.1) is 6.61 Å². The van der Waals surface area contributed by atoms with E-state index in [4.69, 9.17) is 10.2 Å². The van der Waals surface area contributed by atoms with Gasteiger partial charge in [-0.25, -0.2) is 0 Å². The standard InChI is InChI=1S/C11H24N2O2/c1-13-8-10(3-2-5-14)7-11(9-13)12-4-6-15/h10-12,14-15H,2-9H2,1H3. The Morgan fingerprint density at radius 3 is 2.73 bits per heavy atom. The number of piperidine rings is 1. The molecule has 2 atom stereocenters. The zero-order chi connectivity index (χ0) is 11.1. The maximum atomic E-state index is 8.81. The largest absolute Gasteiger partial charge is 0.396 e. The summed E-state index contributed by atoms with van der Waals surface area (Å²) in [6, 6.07) is 0.500. The lowest BCUT2D eigenvalue weighted by Gasteiger charge is -2.36. The molecule has 0 aliphatic carbocycles. The van der Waals surface area contributed by atoms with Crippen LogP contribution in [0.15, 0.2) is 0 Å². The van der Waals surface area contributed by atoms with Crippen molar-refractivity contribution in [2.24, 2.45) is 5.92 Å². The van der Waals surface area contributed by atoms with Crippen LogP contribution in [0.25, 0.3) is 0 Å². The molecule has 0 aromatic heterocycles. The van der Waals surface area contributed by atoms with Gasteiger partial charge in [-0.05, 0) is 32.2 Å². The number of nitrogens with zero attached hydrogens (tertiary/aromatic N) is 1. The zero-order valence-electron chi connectivity index (χ0n) is 9.65. The molecule has 0 bridgehead atoms. The zero-order valence-corrected chi connectivity index (χ0v) is 9.65. The molecule has 0 amide bonds. The van der Waals surface area contributed by atoms with Gasteiger partial charge in [0.15, 0.2) is 0 Å². The van der Waals surface area contributed by atoms with Crippen LogP contribution >= 0.6 is 0 Å². The minimum atomic E-state index is 0.210. The van der Waals surface area contributed by atoms with Crippen LogP contribution in [0, 0.1) is 5.92 Å². The molecule has 15 heavy (non-hydrogen) atoms. The molecule has 90 valence electrons. The summed E-state index contributed by atoms with van der Waals surface area (Å²) in [6.45, 7) is 3.40. The molecular weight excluding hydrogens is 192 g/mol. The van der Waals surface area contributed by atoms with Gasteiger partial charge in [0.2, 0.25) is 0 Å². The molecule has 0 spiro atoms. The highest BCUT2D eigenvalue weighted by Gasteiger charge is 2.24. The lowest BCUT2D eigenvalue weighted by molar-refractivity contribution is 0.150. The molecule has 1 fully saturated rings. The first kappa shape index (κ1) is 12.9. The quantitative estimate of drug-likeness (QED) is 0.569. The van der Waals surface area contributed by atoms with Crippen LogP contribution in [0.2, 0.25) is 0 Å². The Morgan fingerprint density at radius 2 is 2.07 bits per heavy atom. The van der Waals surface area contributed by atoms with Crippen molar-refractivity contribution in [1.82, 2.24) is 10.2 Å². The summed E-state index contributed by atoms with van der Waals surface area (Å²) in [5.74, 6) is 0.687. The van der Waals surface area contributed by atoms with Gasteiger partial charge in [0, 0.05) is 32.3 Å². The summed E-state index contributed by atoms with van der Waals surface area (Å²) in [6.07, 6.45) is 3.19. The van der Waals surface area contributed by atoms with Crippen molar-refractivity contribution in [3.05, 3.63) is 0 Å². The Bertz CT molecular complexity index is 151. The maximum absolute atomic E-state index is 8.81. The van der Waals surface area contributed by atoms with E-state index in [1.165, 1.54) is 6.42 Å². The van der Waals surface area contributed by atoms with E-state index in [0.717, 1.165) is 25.9 Å². The van der Waals surface area contributed by atoms with E-state index in [1.54, 1.807) is 0 Å². The molecule has 1 aliphatic rings. The van der Waals surface area contributed by atoms with Crippen molar-refractivity contribution in [2.75, 3.05) is 39.9 Å². The van der Waals surface area contributed by atoms with Crippen molar-refractivity contribution >= 4 is 0 Å². The number of aliphatic hydroxyl groups excluding tert-OH is 2. The fourth-order valence-corrected chi connectivity index (χ4v) is 2.45. The third kappa shape index (κ3) is 4.93. The first-order valence-corrected chi connectivity index (χ1v) is 5.90. The first-order chi connectivity index (χ1) is 7.26. The third-order valence-corrected chi connectivity index (χ3v) is 3.04. The molecule has 1 heterocycles.